The van der Waals surface area contributed by atoms with Crippen LogP contribution in [0.25, 0.3) is 10.8 Å². The zero-order valence-electron chi connectivity index (χ0n) is 22.3. The van der Waals surface area contributed by atoms with E-state index in [1.165, 1.54) is 24.9 Å². The molecule has 0 fully saturated rings. The summed E-state index contributed by atoms with van der Waals surface area (Å²) in [6, 6.07) is 31.5. The second-order valence-corrected chi connectivity index (χ2v) is 10.9. The molecular formula is C33H25ClN2O5S. The molecule has 1 unspecified atom stereocenters. The summed E-state index contributed by atoms with van der Waals surface area (Å²) in [5.74, 6) is -1.35. The number of carboxylic acids is 1. The van der Waals surface area contributed by atoms with E-state index in [0.717, 1.165) is 10.5 Å². The van der Waals surface area contributed by atoms with Crippen LogP contribution in [-0.4, -0.2) is 30.0 Å². The van der Waals surface area contributed by atoms with Crippen LogP contribution in [0.2, 0.25) is 5.02 Å². The van der Waals surface area contributed by atoms with E-state index in [-0.39, 0.29) is 17.0 Å². The highest BCUT2D eigenvalue weighted by Gasteiger charge is 2.24. The maximum absolute atomic E-state index is 13.6. The Kier molecular flexibility index (Phi) is 8.76. The Labute approximate surface area is 251 Å². The summed E-state index contributed by atoms with van der Waals surface area (Å²) in [7, 11) is 1.52. The quantitative estimate of drug-likeness (QED) is 0.149. The molecule has 210 valence electrons. The first kappa shape index (κ1) is 28.7. The molecule has 0 spiro atoms. The van der Waals surface area contributed by atoms with Crippen LogP contribution in [0.15, 0.2) is 114 Å². The number of halogens is 1. The van der Waals surface area contributed by atoms with Gasteiger partial charge in [0.25, 0.3) is 5.91 Å². The third kappa shape index (κ3) is 6.40. The minimum atomic E-state index is -1.11. The van der Waals surface area contributed by atoms with Gasteiger partial charge in [0.05, 0.1) is 18.4 Å². The largest absolute Gasteiger partial charge is 0.495 e. The Morgan fingerprint density at radius 3 is 2.24 bits per heavy atom. The molecule has 0 aromatic heterocycles. The van der Waals surface area contributed by atoms with Crippen LogP contribution in [0.4, 0.5) is 11.4 Å². The van der Waals surface area contributed by atoms with Gasteiger partial charge >= 0.3 is 5.97 Å². The molecule has 42 heavy (non-hydrogen) atoms. The van der Waals surface area contributed by atoms with E-state index in [2.05, 4.69) is 10.6 Å². The third-order valence-electron chi connectivity index (χ3n) is 6.49. The smallest absolute Gasteiger partial charge is 0.336 e. The topological polar surface area (TPSA) is 105 Å². The van der Waals surface area contributed by atoms with Gasteiger partial charge in [-0.2, -0.15) is 0 Å². The highest BCUT2D eigenvalue weighted by Crippen LogP contribution is 2.38. The molecule has 3 N–H and O–H groups in total. The zero-order chi connectivity index (χ0) is 29.6. The number of hydrogen-bond acceptors (Lipinski definition) is 5. The fraction of sp³-hybridized carbons (Fsp3) is 0.0606. The average molecular weight is 597 g/mol. The van der Waals surface area contributed by atoms with Crippen molar-refractivity contribution < 1.29 is 24.2 Å². The molecule has 0 saturated heterocycles. The maximum Gasteiger partial charge on any atom is 0.336 e. The van der Waals surface area contributed by atoms with Crippen LogP contribution >= 0.6 is 23.4 Å². The fourth-order valence-electron chi connectivity index (χ4n) is 4.57. The first-order chi connectivity index (χ1) is 20.3. The highest BCUT2D eigenvalue weighted by atomic mass is 35.5. The minimum Gasteiger partial charge on any atom is -0.495 e. The predicted octanol–water partition coefficient (Wildman–Crippen LogP) is 7.92. The van der Waals surface area contributed by atoms with Gasteiger partial charge in [-0.1, -0.05) is 72.3 Å². The van der Waals surface area contributed by atoms with Crippen molar-refractivity contribution in [2.75, 3.05) is 17.7 Å². The summed E-state index contributed by atoms with van der Waals surface area (Å²) in [6.45, 7) is 0. The molecule has 5 rings (SSSR count). The second-order valence-electron chi connectivity index (χ2n) is 9.24. The summed E-state index contributed by atoms with van der Waals surface area (Å²) in [4.78, 5) is 39.6. The lowest BCUT2D eigenvalue weighted by Crippen LogP contribution is -2.19. The molecule has 5 aromatic carbocycles. The summed E-state index contributed by atoms with van der Waals surface area (Å²) in [6.07, 6.45) is 0. The lowest BCUT2D eigenvalue weighted by Gasteiger charge is -2.19. The SMILES string of the molecule is COc1ccc(Cl)cc1NC(=O)C(Sc1cccc(NC(=O)c2cccc3cccc(C(=O)O)c23)c1)c1ccccc1. The Morgan fingerprint density at radius 1 is 0.810 bits per heavy atom. The second kappa shape index (κ2) is 12.8. The molecule has 1 atom stereocenters. The molecule has 9 heteroatoms. The van der Waals surface area contributed by atoms with Crippen molar-refractivity contribution in [1.82, 2.24) is 0 Å². The summed E-state index contributed by atoms with van der Waals surface area (Å²) in [5.41, 5.74) is 2.04. The van der Waals surface area contributed by atoms with E-state index in [0.29, 0.717) is 32.9 Å². The van der Waals surface area contributed by atoms with Crippen LogP contribution in [-0.2, 0) is 4.79 Å². The van der Waals surface area contributed by atoms with Crippen LogP contribution in [0.3, 0.4) is 0 Å². The Balaban J connectivity index is 1.42. The number of carboxylic acid groups (broad SMARTS) is 1. The number of benzene rings is 5. The first-order valence-electron chi connectivity index (χ1n) is 12.9. The lowest BCUT2D eigenvalue weighted by molar-refractivity contribution is -0.115. The van der Waals surface area contributed by atoms with Crippen LogP contribution in [0.1, 0.15) is 31.5 Å². The number of amides is 2. The number of fused-ring (bicyclic) bond motifs is 1. The molecule has 0 saturated carbocycles. The maximum atomic E-state index is 13.6. The Bertz CT molecular complexity index is 1790. The molecule has 0 aliphatic heterocycles. The third-order valence-corrected chi connectivity index (χ3v) is 7.97. The number of anilines is 2. The summed E-state index contributed by atoms with van der Waals surface area (Å²) in [5, 5.41) is 16.3. The van der Waals surface area contributed by atoms with Crippen LogP contribution in [0, 0.1) is 0 Å². The number of thioether (sulfide) groups is 1. The molecule has 7 nitrogen and oxygen atoms in total. The number of nitrogens with one attached hydrogen (secondary N) is 2. The van der Waals surface area contributed by atoms with E-state index in [1.54, 1.807) is 66.7 Å². The van der Waals surface area contributed by atoms with Gasteiger partial charge in [-0.25, -0.2) is 4.79 Å². The standard InChI is InChI=1S/C33H25ClN2O5S/c1-41-28-17-16-22(34)18-27(28)36-32(38)30(21-8-3-2-4-9-21)42-24-13-7-12-23(19-24)35-31(37)25-14-5-10-20-11-6-15-26(29(20)25)33(39)40/h2-19,30H,1H3,(H,35,37)(H,36,38)(H,39,40). The first-order valence-corrected chi connectivity index (χ1v) is 14.1. The van der Waals surface area contributed by atoms with Gasteiger partial charge in [-0.05, 0) is 59.5 Å². The van der Waals surface area contributed by atoms with Crippen molar-refractivity contribution in [2.24, 2.45) is 0 Å². The summed E-state index contributed by atoms with van der Waals surface area (Å²) < 4.78 is 5.39. The van der Waals surface area contributed by atoms with Gasteiger partial charge in [0.1, 0.15) is 11.0 Å². The van der Waals surface area contributed by atoms with Gasteiger partial charge in [0.2, 0.25) is 5.91 Å². The monoisotopic (exact) mass is 596 g/mol. The summed E-state index contributed by atoms with van der Waals surface area (Å²) >= 11 is 7.49. The van der Waals surface area contributed by atoms with Gasteiger partial charge < -0.3 is 20.5 Å². The molecule has 0 radical (unpaired) electrons. The predicted molar refractivity (Wildman–Crippen MR) is 167 cm³/mol. The Hall–Kier alpha value is -4.79. The molecule has 2 amide bonds. The average Bonchev–Trinajstić information content (AvgIpc) is 3.00. The van der Waals surface area contributed by atoms with Crippen LogP contribution in [0.5, 0.6) is 5.75 Å². The van der Waals surface area contributed by atoms with Gasteiger partial charge in [0.15, 0.2) is 0 Å². The molecule has 0 aliphatic carbocycles. The number of rotatable bonds is 9. The molecule has 0 heterocycles. The Morgan fingerprint density at radius 2 is 1.52 bits per heavy atom. The van der Waals surface area contributed by atoms with E-state index in [1.807, 2.05) is 36.4 Å². The van der Waals surface area contributed by atoms with Crippen molar-refractivity contribution in [3.63, 3.8) is 0 Å². The van der Waals surface area contributed by atoms with Crippen molar-refractivity contribution in [2.45, 2.75) is 10.1 Å². The zero-order valence-corrected chi connectivity index (χ0v) is 23.9. The molecule has 5 aromatic rings. The van der Waals surface area contributed by atoms with Gasteiger partial charge in [-0.3, -0.25) is 9.59 Å². The highest BCUT2D eigenvalue weighted by molar-refractivity contribution is 8.00. The molecule has 0 bridgehead atoms. The van der Waals surface area contributed by atoms with Gasteiger partial charge in [0, 0.05) is 26.6 Å². The van der Waals surface area contributed by atoms with Crippen molar-refractivity contribution in [3.05, 3.63) is 131 Å². The van der Waals surface area contributed by atoms with Crippen molar-refractivity contribution >= 4 is 63.3 Å². The van der Waals surface area contributed by atoms with E-state index >= 15 is 0 Å². The normalized spacial score (nSPS) is 11.5. The van der Waals surface area contributed by atoms with Crippen molar-refractivity contribution in [3.8, 4) is 5.75 Å². The number of hydrogen-bond donors (Lipinski definition) is 3. The number of carbonyl (C=O) groups is 3. The van der Waals surface area contributed by atoms with E-state index in [9.17, 15) is 19.5 Å². The van der Waals surface area contributed by atoms with Crippen LogP contribution < -0.4 is 15.4 Å². The molecule has 0 aliphatic rings. The lowest BCUT2D eigenvalue weighted by atomic mass is 9.98. The number of ether oxygens (including phenoxy) is 1. The fourth-order valence-corrected chi connectivity index (χ4v) is 5.82. The van der Waals surface area contributed by atoms with Gasteiger partial charge in [-0.15, -0.1) is 11.8 Å². The van der Waals surface area contributed by atoms with E-state index in [4.69, 9.17) is 16.3 Å². The van der Waals surface area contributed by atoms with Crippen molar-refractivity contribution in [1.29, 1.82) is 0 Å². The number of aromatic carboxylic acids is 1. The molecular weight excluding hydrogens is 572 g/mol. The minimum absolute atomic E-state index is 0.0515. The number of carbonyl (C=O) groups excluding carboxylic acids is 2. The number of methoxy groups -OCH3 is 1. The van der Waals surface area contributed by atoms with E-state index < -0.39 is 17.1 Å².